The van der Waals surface area contributed by atoms with Crippen molar-refractivity contribution in [3.8, 4) is 0 Å². The summed E-state index contributed by atoms with van der Waals surface area (Å²) in [7, 11) is 1.70. The number of ether oxygens (including phenoxy) is 1. The molecule has 0 radical (unpaired) electrons. The van der Waals surface area contributed by atoms with Gasteiger partial charge in [0.25, 0.3) is 0 Å². The van der Waals surface area contributed by atoms with E-state index in [0.29, 0.717) is 25.5 Å². The summed E-state index contributed by atoms with van der Waals surface area (Å²) in [5.41, 5.74) is 6.92. The molecule has 0 saturated carbocycles. The van der Waals surface area contributed by atoms with Crippen molar-refractivity contribution in [2.45, 2.75) is 26.2 Å². The second-order valence-electron chi connectivity index (χ2n) is 4.60. The summed E-state index contributed by atoms with van der Waals surface area (Å²) in [6.07, 6.45) is 4.59. The van der Waals surface area contributed by atoms with Crippen LogP contribution in [0.5, 0.6) is 0 Å². The van der Waals surface area contributed by atoms with Crippen LogP contribution < -0.4 is 5.73 Å². The Morgan fingerprint density at radius 1 is 1.65 bits per heavy atom. The van der Waals surface area contributed by atoms with Gasteiger partial charge in [0.2, 0.25) is 5.91 Å². The predicted molar refractivity (Wildman–Crippen MR) is 68.6 cm³/mol. The highest BCUT2D eigenvalue weighted by Gasteiger charge is 2.19. The van der Waals surface area contributed by atoms with Crippen LogP contribution in [0.4, 0.5) is 0 Å². The van der Waals surface area contributed by atoms with Gasteiger partial charge in [-0.1, -0.05) is 19.4 Å². The molecular formula is C13H24N2O2. The van der Waals surface area contributed by atoms with E-state index in [1.807, 2.05) is 4.90 Å². The van der Waals surface area contributed by atoms with Gasteiger partial charge in [-0.2, -0.15) is 0 Å². The van der Waals surface area contributed by atoms with Crippen molar-refractivity contribution >= 4 is 5.91 Å². The Kier molecular flexibility index (Phi) is 6.22. The van der Waals surface area contributed by atoms with Gasteiger partial charge in [-0.05, 0) is 24.5 Å². The van der Waals surface area contributed by atoms with Gasteiger partial charge in [0.15, 0.2) is 0 Å². The third kappa shape index (κ3) is 4.48. The number of carbonyl (C=O) groups excluding carboxylic acids is 1. The highest BCUT2D eigenvalue weighted by molar-refractivity contribution is 5.76. The Hall–Kier alpha value is -0.870. The average molecular weight is 240 g/mol. The fourth-order valence-corrected chi connectivity index (χ4v) is 2.02. The van der Waals surface area contributed by atoms with Crippen molar-refractivity contribution in [1.82, 2.24) is 4.90 Å². The highest BCUT2D eigenvalue weighted by Crippen LogP contribution is 2.14. The van der Waals surface area contributed by atoms with Crippen molar-refractivity contribution in [3.63, 3.8) is 0 Å². The van der Waals surface area contributed by atoms with Gasteiger partial charge >= 0.3 is 0 Å². The lowest BCUT2D eigenvalue weighted by Gasteiger charge is -2.27. The molecule has 1 atom stereocenters. The van der Waals surface area contributed by atoms with Crippen molar-refractivity contribution < 1.29 is 9.53 Å². The molecule has 98 valence electrons. The van der Waals surface area contributed by atoms with Crippen molar-refractivity contribution in [2.24, 2.45) is 11.7 Å². The van der Waals surface area contributed by atoms with Gasteiger partial charge < -0.3 is 15.4 Å². The highest BCUT2D eigenvalue weighted by atomic mass is 16.5. The third-order valence-corrected chi connectivity index (χ3v) is 3.36. The van der Waals surface area contributed by atoms with Crippen LogP contribution in [-0.4, -0.2) is 44.2 Å². The monoisotopic (exact) mass is 240 g/mol. The van der Waals surface area contributed by atoms with E-state index in [9.17, 15) is 4.79 Å². The summed E-state index contributed by atoms with van der Waals surface area (Å²) < 4.78 is 5.09. The molecule has 0 saturated heterocycles. The van der Waals surface area contributed by atoms with Crippen LogP contribution in [0.3, 0.4) is 0 Å². The molecule has 4 nitrogen and oxygen atoms in total. The maximum Gasteiger partial charge on any atom is 0.223 e. The van der Waals surface area contributed by atoms with Crippen LogP contribution in [-0.2, 0) is 9.53 Å². The molecule has 17 heavy (non-hydrogen) atoms. The minimum absolute atomic E-state index is 0.231. The smallest absolute Gasteiger partial charge is 0.223 e. The first kappa shape index (κ1) is 14.2. The van der Waals surface area contributed by atoms with E-state index in [1.54, 1.807) is 7.11 Å². The normalized spacial score (nSPS) is 17.8. The molecule has 1 aliphatic heterocycles. The molecule has 0 spiro atoms. The van der Waals surface area contributed by atoms with E-state index in [0.717, 1.165) is 25.9 Å². The first-order valence-corrected chi connectivity index (χ1v) is 6.35. The molecule has 0 aromatic rings. The predicted octanol–water partition coefficient (Wildman–Crippen LogP) is 1.17. The summed E-state index contributed by atoms with van der Waals surface area (Å²) in [5.74, 6) is 0.557. The molecule has 0 aromatic heterocycles. The summed E-state index contributed by atoms with van der Waals surface area (Å²) in [5, 5.41) is 0. The number of methoxy groups -OCH3 is 1. The van der Waals surface area contributed by atoms with E-state index < -0.39 is 0 Å². The first-order valence-electron chi connectivity index (χ1n) is 6.35. The van der Waals surface area contributed by atoms with Crippen LogP contribution in [0.25, 0.3) is 0 Å². The van der Waals surface area contributed by atoms with Crippen molar-refractivity contribution in [2.75, 3.05) is 33.4 Å². The van der Waals surface area contributed by atoms with E-state index in [4.69, 9.17) is 10.5 Å². The molecule has 1 amide bonds. The maximum atomic E-state index is 12.0. The summed E-state index contributed by atoms with van der Waals surface area (Å²) in [6, 6.07) is 0. The zero-order chi connectivity index (χ0) is 12.7. The van der Waals surface area contributed by atoms with Crippen LogP contribution in [0, 0.1) is 5.92 Å². The molecule has 2 N–H and O–H groups in total. The molecular weight excluding hydrogens is 216 g/mol. The molecule has 4 heteroatoms. The summed E-state index contributed by atoms with van der Waals surface area (Å²) in [6.45, 7) is 4.90. The van der Waals surface area contributed by atoms with Gasteiger partial charge in [0.1, 0.15) is 0 Å². The standard InChI is InChI=1S/C13H24N2O2/c1-3-11(9-14)8-13(16)15-6-4-12(5-7-15)10-17-2/h4,11H,3,5-10,14H2,1-2H3. The fourth-order valence-electron chi connectivity index (χ4n) is 2.02. The van der Waals surface area contributed by atoms with Crippen LogP contribution in [0.15, 0.2) is 11.6 Å². The minimum Gasteiger partial charge on any atom is -0.380 e. The molecule has 1 heterocycles. The lowest BCUT2D eigenvalue weighted by molar-refractivity contribution is -0.131. The van der Waals surface area contributed by atoms with Crippen molar-refractivity contribution in [1.29, 1.82) is 0 Å². The molecule has 0 aromatic carbocycles. The number of nitrogens with two attached hydrogens (primary N) is 1. The molecule has 0 bridgehead atoms. The lowest BCUT2D eigenvalue weighted by atomic mass is 10.0. The quantitative estimate of drug-likeness (QED) is 0.709. The Balaban J connectivity index is 2.40. The number of carbonyl (C=O) groups is 1. The van der Waals surface area contributed by atoms with Crippen molar-refractivity contribution in [3.05, 3.63) is 11.6 Å². The third-order valence-electron chi connectivity index (χ3n) is 3.36. The number of rotatable bonds is 6. The number of nitrogens with zero attached hydrogens (tertiary/aromatic N) is 1. The van der Waals surface area contributed by atoms with Gasteiger partial charge in [0.05, 0.1) is 6.61 Å². The van der Waals surface area contributed by atoms with Gasteiger partial charge in [-0.3, -0.25) is 4.79 Å². The van der Waals surface area contributed by atoms with Crippen LogP contribution in [0.1, 0.15) is 26.2 Å². The topological polar surface area (TPSA) is 55.6 Å². The molecule has 1 aliphatic rings. The van der Waals surface area contributed by atoms with Crippen LogP contribution >= 0.6 is 0 Å². The number of amides is 1. The van der Waals surface area contributed by atoms with Gasteiger partial charge in [0, 0.05) is 26.6 Å². The summed E-state index contributed by atoms with van der Waals surface area (Å²) >= 11 is 0. The zero-order valence-corrected chi connectivity index (χ0v) is 10.9. The maximum absolute atomic E-state index is 12.0. The van der Waals surface area contributed by atoms with E-state index in [1.165, 1.54) is 5.57 Å². The SMILES string of the molecule is CCC(CN)CC(=O)N1CC=C(COC)CC1. The number of hydrogen-bond acceptors (Lipinski definition) is 3. The molecule has 0 fully saturated rings. The second-order valence-corrected chi connectivity index (χ2v) is 4.60. The fraction of sp³-hybridized carbons (Fsp3) is 0.769. The van der Waals surface area contributed by atoms with Gasteiger partial charge in [-0.25, -0.2) is 0 Å². The molecule has 1 rings (SSSR count). The van der Waals surface area contributed by atoms with E-state index >= 15 is 0 Å². The average Bonchev–Trinajstić information content (AvgIpc) is 2.37. The lowest BCUT2D eigenvalue weighted by Crippen LogP contribution is -2.37. The number of hydrogen-bond donors (Lipinski definition) is 1. The Morgan fingerprint density at radius 3 is 2.88 bits per heavy atom. The van der Waals surface area contributed by atoms with Gasteiger partial charge in [-0.15, -0.1) is 0 Å². The second kappa shape index (κ2) is 7.45. The molecule has 1 unspecified atom stereocenters. The van der Waals surface area contributed by atoms with E-state index in [2.05, 4.69) is 13.0 Å². The van der Waals surface area contributed by atoms with Crippen LogP contribution in [0.2, 0.25) is 0 Å². The Labute approximate surface area is 104 Å². The Morgan fingerprint density at radius 2 is 2.41 bits per heavy atom. The summed E-state index contributed by atoms with van der Waals surface area (Å²) in [4.78, 5) is 13.9. The van der Waals surface area contributed by atoms with E-state index in [-0.39, 0.29) is 5.91 Å². The molecule has 0 aliphatic carbocycles. The first-order chi connectivity index (χ1) is 8.21. The Bertz CT molecular complexity index is 273. The minimum atomic E-state index is 0.231. The largest absolute Gasteiger partial charge is 0.380 e. The zero-order valence-electron chi connectivity index (χ0n) is 10.9.